The first-order chi connectivity index (χ1) is 16.9. The lowest BCUT2D eigenvalue weighted by molar-refractivity contribution is -0.0387. The quantitative estimate of drug-likeness (QED) is 0.391. The molecule has 0 bridgehead atoms. The van der Waals surface area contributed by atoms with E-state index in [1.165, 1.54) is 6.07 Å². The summed E-state index contributed by atoms with van der Waals surface area (Å²) in [6.45, 7) is 0.657. The maximum absolute atomic E-state index is 14.5. The van der Waals surface area contributed by atoms with Crippen LogP contribution in [0.2, 0.25) is 0 Å². The van der Waals surface area contributed by atoms with E-state index in [0.29, 0.717) is 60.0 Å². The minimum Gasteiger partial charge on any atom is -0.349 e. The molecule has 1 aromatic carbocycles. The molecule has 6 rings (SSSR count). The monoisotopic (exact) mass is 485 g/mol. The second-order valence-electron chi connectivity index (χ2n) is 9.30. The van der Waals surface area contributed by atoms with Crippen LogP contribution in [0.5, 0.6) is 0 Å². The Hall–Kier alpha value is -3.50. The van der Waals surface area contributed by atoms with Crippen molar-refractivity contribution in [1.82, 2.24) is 29.8 Å². The van der Waals surface area contributed by atoms with Crippen LogP contribution in [0, 0.1) is 11.6 Å². The molecule has 0 amide bonds. The van der Waals surface area contributed by atoms with Gasteiger partial charge in [-0.3, -0.25) is 5.10 Å². The number of hydrogen-bond acceptors (Lipinski definition) is 5. The number of aromatic nitrogens is 6. The number of aromatic amines is 1. The van der Waals surface area contributed by atoms with Crippen molar-refractivity contribution in [2.24, 2.45) is 0 Å². The SMILES string of the molecule is Fc1ccc(F)c([C@H]2CCCN2c2ccn3ncc(-c4n[nH]c(C5CCC(F)(F)CC5)n4)c3n2)c1. The van der Waals surface area contributed by atoms with Gasteiger partial charge in [-0.15, -0.1) is 0 Å². The second kappa shape index (κ2) is 8.31. The number of fused-ring (bicyclic) bond motifs is 1. The molecule has 1 saturated heterocycles. The summed E-state index contributed by atoms with van der Waals surface area (Å²) in [5, 5.41) is 11.6. The third-order valence-corrected chi connectivity index (χ3v) is 7.07. The maximum atomic E-state index is 14.5. The van der Waals surface area contributed by atoms with E-state index in [1.807, 2.05) is 4.90 Å². The number of anilines is 1. The number of nitrogens with one attached hydrogen (secondary N) is 1. The van der Waals surface area contributed by atoms with Crippen LogP contribution in [0.25, 0.3) is 17.0 Å². The van der Waals surface area contributed by atoms with Gasteiger partial charge in [-0.1, -0.05) is 0 Å². The van der Waals surface area contributed by atoms with Crippen LogP contribution in [-0.2, 0) is 0 Å². The molecule has 0 radical (unpaired) electrons. The van der Waals surface area contributed by atoms with Gasteiger partial charge in [0.05, 0.1) is 17.8 Å². The lowest BCUT2D eigenvalue weighted by Gasteiger charge is -2.26. The average Bonchev–Trinajstić information content (AvgIpc) is 3.59. The first-order valence-corrected chi connectivity index (χ1v) is 11.7. The smallest absolute Gasteiger partial charge is 0.248 e. The molecule has 1 aliphatic heterocycles. The van der Waals surface area contributed by atoms with Gasteiger partial charge in [0.15, 0.2) is 11.5 Å². The summed E-state index contributed by atoms with van der Waals surface area (Å²) in [6, 6.07) is 4.99. The van der Waals surface area contributed by atoms with Gasteiger partial charge in [0.2, 0.25) is 5.92 Å². The molecule has 182 valence electrons. The standard InChI is InChI=1S/C24H23F4N7/c25-15-3-4-18(26)16(12-15)19-2-1-10-34(19)20-7-11-35-23(30-20)17(13-29-35)22-31-21(32-33-22)14-5-8-24(27,28)9-6-14/h3-4,7,11-14,19H,1-2,5-6,8-10H2,(H,31,32,33)/t19-/m1/s1. The highest BCUT2D eigenvalue weighted by atomic mass is 19.3. The zero-order valence-corrected chi connectivity index (χ0v) is 18.8. The minimum atomic E-state index is -2.61. The molecule has 35 heavy (non-hydrogen) atoms. The molecule has 0 spiro atoms. The molecule has 4 aromatic rings. The molecule has 3 aromatic heterocycles. The van der Waals surface area contributed by atoms with Crippen LogP contribution in [0.1, 0.15) is 61.9 Å². The largest absolute Gasteiger partial charge is 0.349 e. The van der Waals surface area contributed by atoms with E-state index in [2.05, 4.69) is 20.3 Å². The molecule has 1 atom stereocenters. The third kappa shape index (κ3) is 4.02. The van der Waals surface area contributed by atoms with Crippen molar-refractivity contribution >= 4 is 11.5 Å². The fourth-order valence-electron chi connectivity index (χ4n) is 5.20. The van der Waals surface area contributed by atoms with Crippen LogP contribution in [0.4, 0.5) is 23.4 Å². The number of rotatable bonds is 4. The van der Waals surface area contributed by atoms with E-state index in [-0.39, 0.29) is 24.8 Å². The molecule has 2 fully saturated rings. The van der Waals surface area contributed by atoms with Crippen LogP contribution in [0.15, 0.2) is 36.7 Å². The van der Waals surface area contributed by atoms with Gasteiger partial charge in [-0.25, -0.2) is 32.0 Å². The van der Waals surface area contributed by atoms with Gasteiger partial charge in [0, 0.05) is 37.1 Å². The van der Waals surface area contributed by atoms with Crippen molar-refractivity contribution in [3.05, 3.63) is 59.7 Å². The summed E-state index contributed by atoms with van der Waals surface area (Å²) in [5.41, 5.74) is 1.44. The number of alkyl halides is 2. The summed E-state index contributed by atoms with van der Waals surface area (Å²) < 4.78 is 57.0. The summed E-state index contributed by atoms with van der Waals surface area (Å²) >= 11 is 0. The highest BCUT2D eigenvalue weighted by molar-refractivity contribution is 5.73. The van der Waals surface area contributed by atoms with E-state index >= 15 is 0 Å². The number of hydrogen-bond donors (Lipinski definition) is 1. The molecule has 1 aliphatic carbocycles. The average molecular weight is 485 g/mol. The molecular weight excluding hydrogens is 462 g/mol. The molecule has 4 heterocycles. The highest BCUT2D eigenvalue weighted by Crippen LogP contribution is 2.40. The Morgan fingerprint density at radius 2 is 1.86 bits per heavy atom. The number of nitrogens with zero attached hydrogens (tertiary/aromatic N) is 6. The molecule has 7 nitrogen and oxygen atoms in total. The van der Waals surface area contributed by atoms with Gasteiger partial charge < -0.3 is 4.90 Å². The fraction of sp³-hybridized carbons (Fsp3) is 0.417. The van der Waals surface area contributed by atoms with Crippen LogP contribution in [0.3, 0.4) is 0 Å². The van der Waals surface area contributed by atoms with Crippen LogP contribution < -0.4 is 4.90 Å². The highest BCUT2D eigenvalue weighted by Gasteiger charge is 2.36. The van der Waals surface area contributed by atoms with E-state index in [4.69, 9.17) is 4.98 Å². The summed E-state index contributed by atoms with van der Waals surface area (Å²) in [5.74, 6) is -2.01. The van der Waals surface area contributed by atoms with Crippen molar-refractivity contribution in [1.29, 1.82) is 0 Å². The van der Waals surface area contributed by atoms with E-state index < -0.39 is 17.6 Å². The number of H-pyrrole nitrogens is 1. The minimum absolute atomic E-state index is 0.0900. The van der Waals surface area contributed by atoms with Crippen molar-refractivity contribution in [3.63, 3.8) is 0 Å². The molecule has 1 saturated carbocycles. The topological polar surface area (TPSA) is 75.0 Å². The molecule has 0 unspecified atom stereocenters. The number of halogens is 4. The Morgan fingerprint density at radius 3 is 2.69 bits per heavy atom. The van der Waals surface area contributed by atoms with E-state index in [0.717, 1.165) is 18.6 Å². The Kier molecular flexibility index (Phi) is 5.23. The molecule has 2 aliphatic rings. The summed E-state index contributed by atoms with van der Waals surface area (Å²) in [6.07, 6.45) is 5.28. The van der Waals surface area contributed by atoms with Gasteiger partial charge in [0.1, 0.15) is 23.3 Å². The van der Waals surface area contributed by atoms with Crippen LogP contribution in [-0.4, -0.2) is 42.2 Å². The fourth-order valence-corrected chi connectivity index (χ4v) is 5.20. The predicted molar refractivity (Wildman–Crippen MR) is 120 cm³/mol. The van der Waals surface area contributed by atoms with Crippen molar-refractivity contribution < 1.29 is 17.6 Å². The third-order valence-electron chi connectivity index (χ3n) is 7.07. The van der Waals surface area contributed by atoms with Gasteiger partial charge in [0.25, 0.3) is 0 Å². The van der Waals surface area contributed by atoms with Crippen molar-refractivity contribution in [2.45, 2.75) is 56.4 Å². The lowest BCUT2D eigenvalue weighted by Crippen LogP contribution is -2.24. The number of benzene rings is 1. The Labute approximate surface area is 198 Å². The van der Waals surface area contributed by atoms with Crippen LogP contribution >= 0.6 is 0 Å². The summed E-state index contributed by atoms with van der Waals surface area (Å²) in [4.78, 5) is 11.3. The molecular formula is C24H23F4N7. The van der Waals surface area contributed by atoms with Gasteiger partial charge in [-0.2, -0.15) is 10.2 Å². The van der Waals surface area contributed by atoms with Gasteiger partial charge >= 0.3 is 0 Å². The maximum Gasteiger partial charge on any atom is 0.248 e. The van der Waals surface area contributed by atoms with E-state index in [9.17, 15) is 17.6 Å². The van der Waals surface area contributed by atoms with Crippen molar-refractivity contribution in [2.75, 3.05) is 11.4 Å². The first-order valence-electron chi connectivity index (χ1n) is 11.7. The first kappa shape index (κ1) is 22.0. The zero-order chi connectivity index (χ0) is 24.2. The van der Waals surface area contributed by atoms with E-state index in [1.54, 1.807) is 23.0 Å². The normalized spacial score (nSPS) is 20.7. The molecule has 11 heteroatoms. The molecule has 1 N–H and O–H groups in total. The van der Waals surface area contributed by atoms with Crippen molar-refractivity contribution in [3.8, 4) is 11.4 Å². The summed E-state index contributed by atoms with van der Waals surface area (Å²) in [7, 11) is 0. The lowest BCUT2D eigenvalue weighted by atomic mass is 9.86. The Bertz CT molecular complexity index is 1370. The Balaban J connectivity index is 1.31. The second-order valence-corrected chi connectivity index (χ2v) is 9.30. The van der Waals surface area contributed by atoms with Gasteiger partial charge in [-0.05, 0) is 49.9 Å². The zero-order valence-electron chi connectivity index (χ0n) is 18.8. The Morgan fingerprint density at radius 1 is 1.03 bits per heavy atom. The predicted octanol–water partition coefficient (Wildman–Crippen LogP) is 5.43.